The molecule has 2 atom stereocenters. The molecule has 144 valence electrons. The third-order valence-electron chi connectivity index (χ3n) is 4.70. The van der Waals surface area contributed by atoms with Crippen LogP contribution in [0.5, 0.6) is 5.88 Å². The van der Waals surface area contributed by atoms with Crippen LogP contribution in [0.1, 0.15) is 25.8 Å². The van der Waals surface area contributed by atoms with Gasteiger partial charge in [0.05, 0.1) is 18.8 Å². The maximum Gasteiger partial charge on any atom is 0.388 e. The van der Waals surface area contributed by atoms with Gasteiger partial charge in [-0.25, -0.2) is 19.7 Å². The minimum absolute atomic E-state index is 0.00613. The van der Waals surface area contributed by atoms with E-state index in [1.165, 1.54) is 12.3 Å². The number of nitrogens with zero attached hydrogens (tertiary/aromatic N) is 5. The van der Waals surface area contributed by atoms with Gasteiger partial charge in [-0.15, -0.1) is 0 Å². The molecule has 3 N–H and O–H groups in total. The van der Waals surface area contributed by atoms with Gasteiger partial charge in [0.2, 0.25) is 5.88 Å². The molecule has 4 rings (SSSR count). The molecule has 1 aliphatic heterocycles. The van der Waals surface area contributed by atoms with Crippen LogP contribution in [0.4, 0.5) is 14.6 Å². The standard InChI is InChI=1S/C16H19F2N7O2/c1-8(9-3-2-4-26-7-9)25-15-14(20-6-11(19)21-15)13(24-25)10-5-12(23-22-10)27-16(17)18/h5-6,8-9,16H,2-4,7H2,1H3,(H2,19,21)(H,22,23)/t8-,9+/m0/s1. The topological polar surface area (TPSA) is 117 Å². The number of aromatic amines is 1. The Balaban J connectivity index is 1.76. The van der Waals surface area contributed by atoms with E-state index in [1.54, 1.807) is 4.68 Å². The van der Waals surface area contributed by atoms with Crippen molar-refractivity contribution in [3.8, 4) is 17.3 Å². The average molecular weight is 379 g/mol. The predicted molar refractivity (Wildman–Crippen MR) is 92.2 cm³/mol. The third-order valence-corrected chi connectivity index (χ3v) is 4.70. The number of halogens is 2. The first-order valence-corrected chi connectivity index (χ1v) is 8.62. The summed E-state index contributed by atoms with van der Waals surface area (Å²) in [6, 6.07) is 1.35. The molecule has 0 unspecified atom stereocenters. The van der Waals surface area contributed by atoms with E-state index in [9.17, 15) is 8.78 Å². The van der Waals surface area contributed by atoms with Gasteiger partial charge >= 0.3 is 6.61 Å². The maximum absolute atomic E-state index is 12.4. The molecule has 0 spiro atoms. The van der Waals surface area contributed by atoms with Crippen LogP contribution in [-0.2, 0) is 4.74 Å². The Kier molecular flexibility index (Phi) is 4.60. The smallest absolute Gasteiger partial charge is 0.388 e. The van der Waals surface area contributed by atoms with Gasteiger partial charge in [0.1, 0.15) is 22.7 Å². The minimum Gasteiger partial charge on any atom is -0.417 e. The highest BCUT2D eigenvalue weighted by atomic mass is 19.3. The molecule has 0 aliphatic carbocycles. The van der Waals surface area contributed by atoms with Crippen molar-refractivity contribution in [1.82, 2.24) is 29.9 Å². The number of rotatable bonds is 5. The van der Waals surface area contributed by atoms with Crippen molar-refractivity contribution in [2.75, 3.05) is 18.9 Å². The Labute approximate surface area is 152 Å². The van der Waals surface area contributed by atoms with E-state index in [2.05, 4.69) is 30.0 Å². The van der Waals surface area contributed by atoms with E-state index in [0.29, 0.717) is 29.2 Å². The molecule has 0 amide bonds. The molecular formula is C16H19F2N7O2. The van der Waals surface area contributed by atoms with Gasteiger partial charge in [0, 0.05) is 18.6 Å². The molecular weight excluding hydrogens is 360 g/mol. The maximum atomic E-state index is 12.4. The number of nitrogens with two attached hydrogens (primary N) is 1. The van der Waals surface area contributed by atoms with Gasteiger partial charge in [0.25, 0.3) is 0 Å². The Hall–Kier alpha value is -2.82. The summed E-state index contributed by atoms with van der Waals surface area (Å²) in [5.41, 5.74) is 7.57. The van der Waals surface area contributed by atoms with Gasteiger partial charge in [0.15, 0.2) is 5.65 Å². The van der Waals surface area contributed by atoms with Crippen LogP contribution in [0.25, 0.3) is 22.6 Å². The number of aromatic nitrogens is 6. The summed E-state index contributed by atoms with van der Waals surface area (Å²) in [6.07, 6.45) is 3.43. The van der Waals surface area contributed by atoms with Crippen molar-refractivity contribution < 1.29 is 18.3 Å². The van der Waals surface area contributed by atoms with Gasteiger partial charge in [-0.2, -0.15) is 19.0 Å². The summed E-state index contributed by atoms with van der Waals surface area (Å²) < 4.78 is 36.5. The lowest BCUT2D eigenvalue weighted by atomic mass is 9.95. The summed E-state index contributed by atoms with van der Waals surface area (Å²) in [7, 11) is 0. The molecule has 27 heavy (non-hydrogen) atoms. The van der Waals surface area contributed by atoms with Crippen molar-refractivity contribution in [3.63, 3.8) is 0 Å². The zero-order chi connectivity index (χ0) is 19.0. The van der Waals surface area contributed by atoms with Crippen LogP contribution in [0.15, 0.2) is 12.3 Å². The predicted octanol–water partition coefficient (Wildman–Crippen LogP) is 2.39. The fraction of sp³-hybridized carbons (Fsp3) is 0.500. The molecule has 0 bridgehead atoms. The van der Waals surface area contributed by atoms with Gasteiger partial charge in [-0.05, 0) is 19.8 Å². The van der Waals surface area contributed by atoms with Gasteiger partial charge < -0.3 is 15.2 Å². The van der Waals surface area contributed by atoms with E-state index < -0.39 is 6.61 Å². The van der Waals surface area contributed by atoms with Crippen LogP contribution in [-0.4, -0.2) is 49.8 Å². The van der Waals surface area contributed by atoms with Crippen LogP contribution >= 0.6 is 0 Å². The van der Waals surface area contributed by atoms with Gasteiger partial charge in [-0.3, -0.25) is 0 Å². The number of fused-ring (bicyclic) bond motifs is 1. The first-order valence-electron chi connectivity index (χ1n) is 8.62. The van der Waals surface area contributed by atoms with Gasteiger partial charge in [-0.1, -0.05) is 0 Å². The van der Waals surface area contributed by atoms with Crippen molar-refractivity contribution in [2.45, 2.75) is 32.4 Å². The summed E-state index contributed by atoms with van der Waals surface area (Å²) in [5.74, 6) is 0.390. The van der Waals surface area contributed by atoms with E-state index >= 15 is 0 Å². The molecule has 1 saturated heterocycles. The molecule has 4 heterocycles. The summed E-state index contributed by atoms with van der Waals surface area (Å²) in [6.45, 7) is 0.499. The van der Waals surface area contributed by atoms with E-state index in [0.717, 1.165) is 19.4 Å². The fourth-order valence-corrected chi connectivity index (χ4v) is 3.31. The molecule has 0 radical (unpaired) electrons. The second-order valence-corrected chi connectivity index (χ2v) is 6.47. The third kappa shape index (κ3) is 3.42. The van der Waals surface area contributed by atoms with Crippen LogP contribution < -0.4 is 10.5 Å². The Morgan fingerprint density at radius 3 is 3.04 bits per heavy atom. The molecule has 11 heteroatoms. The Morgan fingerprint density at radius 1 is 1.44 bits per heavy atom. The van der Waals surface area contributed by atoms with E-state index in [-0.39, 0.29) is 23.7 Å². The first kappa shape index (κ1) is 17.6. The first-order chi connectivity index (χ1) is 13.0. The van der Waals surface area contributed by atoms with E-state index in [1.807, 2.05) is 6.92 Å². The largest absolute Gasteiger partial charge is 0.417 e. The number of nitrogens with one attached hydrogen (secondary N) is 1. The van der Waals surface area contributed by atoms with Crippen molar-refractivity contribution in [2.24, 2.45) is 5.92 Å². The molecule has 0 aromatic carbocycles. The number of anilines is 1. The highest BCUT2D eigenvalue weighted by molar-refractivity contribution is 5.87. The summed E-state index contributed by atoms with van der Waals surface area (Å²) in [4.78, 5) is 8.71. The van der Waals surface area contributed by atoms with Crippen LogP contribution in [0.2, 0.25) is 0 Å². The number of alkyl halides is 2. The zero-order valence-electron chi connectivity index (χ0n) is 14.6. The SMILES string of the molecule is C[C@@H]([C@@H]1CCCOC1)n1nc(-c2cc(OC(F)F)[nH]n2)c2ncc(N)nc21. The monoisotopic (exact) mass is 379 g/mol. The second-order valence-electron chi connectivity index (χ2n) is 6.47. The molecule has 3 aromatic heterocycles. The Morgan fingerprint density at radius 2 is 2.30 bits per heavy atom. The van der Waals surface area contributed by atoms with E-state index in [4.69, 9.17) is 10.5 Å². The Bertz CT molecular complexity index is 936. The molecule has 9 nitrogen and oxygen atoms in total. The highest BCUT2D eigenvalue weighted by Gasteiger charge is 2.27. The summed E-state index contributed by atoms with van der Waals surface area (Å²) in [5, 5.41) is 11.1. The fourth-order valence-electron chi connectivity index (χ4n) is 3.31. The highest BCUT2D eigenvalue weighted by Crippen LogP contribution is 2.32. The summed E-state index contributed by atoms with van der Waals surface area (Å²) >= 11 is 0. The zero-order valence-corrected chi connectivity index (χ0v) is 14.6. The lowest BCUT2D eigenvalue weighted by Crippen LogP contribution is -2.26. The number of H-pyrrole nitrogens is 1. The molecule has 3 aromatic rings. The number of ether oxygens (including phenoxy) is 2. The van der Waals surface area contributed by atoms with Crippen LogP contribution in [0.3, 0.4) is 0 Å². The minimum atomic E-state index is -2.95. The number of hydrogen-bond donors (Lipinski definition) is 2. The normalized spacial score (nSPS) is 18.9. The van der Waals surface area contributed by atoms with Crippen molar-refractivity contribution in [3.05, 3.63) is 12.3 Å². The van der Waals surface area contributed by atoms with Crippen molar-refractivity contribution >= 4 is 17.0 Å². The molecule has 1 aliphatic rings. The molecule has 0 saturated carbocycles. The lowest BCUT2D eigenvalue weighted by molar-refractivity contribution is -0.0528. The quantitative estimate of drug-likeness (QED) is 0.699. The number of hydrogen-bond acceptors (Lipinski definition) is 7. The second kappa shape index (κ2) is 7.06. The lowest BCUT2D eigenvalue weighted by Gasteiger charge is -2.27. The number of nitrogen functional groups attached to an aromatic ring is 1. The van der Waals surface area contributed by atoms with Crippen LogP contribution in [0, 0.1) is 5.92 Å². The van der Waals surface area contributed by atoms with Crippen molar-refractivity contribution in [1.29, 1.82) is 0 Å². The molecule has 1 fully saturated rings. The average Bonchev–Trinajstić information content (AvgIpc) is 3.25.